The highest BCUT2D eigenvalue weighted by atomic mass is 35.5. The van der Waals surface area contributed by atoms with Gasteiger partial charge in [-0.2, -0.15) is 5.10 Å². The maximum Gasteiger partial charge on any atom is 0.263 e. The summed E-state index contributed by atoms with van der Waals surface area (Å²) < 4.78 is 27.1. The fraction of sp³-hybridized carbons (Fsp3) is 0.400. The molecule has 0 radical (unpaired) electrons. The van der Waals surface area contributed by atoms with Gasteiger partial charge in [-0.1, -0.05) is 29.8 Å². The number of aryl methyl sites for hydroxylation is 2. The minimum absolute atomic E-state index is 0.0992. The number of nitrogens with zero attached hydrogens (tertiary/aromatic N) is 2. The smallest absolute Gasteiger partial charge is 0.263 e. The van der Waals surface area contributed by atoms with Crippen molar-refractivity contribution in [1.82, 2.24) is 9.78 Å². The minimum atomic E-state index is -2.55. The second-order valence-corrected chi connectivity index (χ2v) is 5.23. The third kappa shape index (κ3) is 3.41. The zero-order chi connectivity index (χ0) is 15.6. The van der Waals surface area contributed by atoms with Gasteiger partial charge in [-0.05, 0) is 25.5 Å². The second kappa shape index (κ2) is 6.54. The monoisotopic (exact) mass is 314 g/mol. The maximum atomic E-state index is 12.7. The lowest BCUT2D eigenvalue weighted by molar-refractivity contribution is 0.149. The summed E-state index contributed by atoms with van der Waals surface area (Å²) >= 11 is 6.19. The molecule has 2 aromatic rings. The van der Waals surface area contributed by atoms with Crippen LogP contribution in [0.2, 0.25) is 5.02 Å². The van der Waals surface area contributed by atoms with Gasteiger partial charge in [0, 0.05) is 18.5 Å². The normalized spacial score (nSPS) is 12.9. The molecule has 0 saturated heterocycles. The Kier molecular flexibility index (Phi) is 4.96. The van der Waals surface area contributed by atoms with Crippen LogP contribution in [0.15, 0.2) is 24.3 Å². The van der Waals surface area contributed by atoms with Crippen LogP contribution in [0.4, 0.5) is 8.78 Å². The van der Waals surface area contributed by atoms with Gasteiger partial charge < -0.3 is 5.11 Å². The molecule has 2 rings (SSSR count). The lowest BCUT2D eigenvalue weighted by atomic mass is 10.0. The van der Waals surface area contributed by atoms with E-state index in [1.54, 1.807) is 17.7 Å². The van der Waals surface area contributed by atoms with Gasteiger partial charge >= 0.3 is 0 Å². The van der Waals surface area contributed by atoms with Crippen LogP contribution >= 0.6 is 11.6 Å². The first-order chi connectivity index (χ1) is 9.93. The summed E-state index contributed by atoms with van der Waals surface area (Å²) in [5.74, 6) is 0. The van der Waals surface area contributed by atoms with Crippen LogP contribution in [0.25, 0.3) is 0 Å². The molecule has 1 heterocycles. The number of halogens is 3. The summed E-state index contributed by atoms with van der Waals surface area (Å²) in [5, 5.41) is 15.1. The molecule has 1 N–H and O–H groups in total. The summed E-state index contributed by atoms with van der Waals surface area (Å²) in [6.45, 7) is 4.35. The van der Waals surface area contributed by atoms with Crippen LogP contribution in [-0.4, -0.2) is 14.9 Å². The van der Waals surface area contributed by atoms with Crippen LogP contribution in [0.3, 0.4) is 0 Å². The fourth-order valence-electron chi connectivity index (χ4n) is 2.27. The molecule has 1 atom stereocenters. The highest BCUT2D eigenvalue weighted by molar-refractivity contribution is 6.31. The molecular weight excluding hydrogens is 298 g/mol. The van der Waals surface area contributed by atoms with E-state index in [1.807, 2.05) is 6.92 Å². The van der Waals surface area contributed by atoms with Gasteiger partial charge in [0.25, 0.3) is 6.43 Å². The average Bonchev–Trinajstić information content (AvgIpc) is 2.75. The number of hydrogen-bond donors (Lipinski definition) is 1. The van der Waals surface area contributed by atoms with E-state index in [9.17, 15) is 13.9 Å². The topological polar surface area (TPSA) is 38.0 Å². The number of alkyl halides is 2. The van der Waals surface area contributed by atoms with Gasteiger partial charge in [0.2, 0.25) is 0 Å². The van der Waals surface area contributed by atoms with Crippen molar-refractivity contribution in [2.75, 3.05) is 0 Å². The molecule has 0 saturated carbocycles. The standard InChI is InChI=1S/C15H17ClF2N2O/c1-3-20-12(14(16)9(2)19-20)8-13(21)10-5-4-6-11(7-10)15(17)18/h4-7,13,15,21H,3,8H2,1-2H3. The van der Waals surface area contributed by atoms with Gasteiger partial charge in [0.1, 0.15) is 0 Å². The number of benzene rings is 1. The van der Waals surface area contributed by atoms with Crippen molar-refractivity contribution in [2.24, 2.45) is 0 Å². The maximum absolute atomic E-state index is 12.7. The summed E-state index contributed by atoms with van der Waals surface area (Å²) in [6.07, 6.45) is -3.22. The predicted octanol–water partition coefficient (Wildman–Crippen LogP) is 4.08. The molecule has 0 aliphatic heterocycles. The van der Waals surface area contributed by atoms with Gasteiger partial charge in [-0.25, -0.2) is 8.78 Å². The third-order valence-corrected chi connectivity index (χ3v) is 3.88. The van der Waals surface area contributed by atoms with Crippen LogP contribution in [0.1, 0.15) is 42.0 Å². The molecule has 21 heavy (non-hydrogen) atoms. The van der Waals surface area contributed by atoms with Crippen molar-refractivity contribution in [2.45, 2.75) is 39.3 Å². The quantitative estimate of drug-likeness (QED) is 0.903. The Hall–Kier alpha value is -1.46. The lowest BCUT2D eigenvalue weighted by Crippen LogP contribution is -2.09. The molecule has 0 spiro atoms. The Bertz CT molecular complexity index is 628. The molecule has 1 aromatic carbocycles. The molecule has 3 nitrogen and oxygen atoms in total. The Labute approximate surface area is 127 Å². The highest BCUT2D eigenvalue weighted by Gasteiger charge is 2.18. The lowest BCUT2D eigenvalue weighted by Gasteiger charge is -2.13. The van der Waals surface area contributed by atoms with Crippen LogP contribution < -0.4 is 0 Å². The fourth-order valence-corrected chi connectivity index (χ4v) is 2.48. The number of aliphatic hydroxyl groups excluding tert-OH is 1. The molecule has 1 unspecified atom stereocenters. The van der Waals surface area contributed by atoms with Crippen LogP contribution in [0, 0.1) is 6.92 Å². The van der Waals surface area contributed by atoms with Crippen molar-refractivity contribution in [3.05, 3.63) is 51.8 Å². The molecule has 0 bridgehead atoms. The third-order valence-electron chi connectivity index (χ3n) is 3.39. The first-order valence-corrected chi connectivity index (χ1v) is 7.09. The van der Waals surface area contributed by atoms with E-state index in [0.29, 0.717) is 28.5 Å². The average molecular weight is 315 g/mol. The number of rotatable bonds is 5. The minimum Gasteiger partial charge on any atom is -0.388 e. The summed E-state index contributed by atoms with van der Waals surface area (Å²) in [5.41, 5.74) is 1.76. The van der Waals surface area contributed by atoms with Gasteiger partial charge in [-0.3, -0.25) is 4.68 Å². The Morgan fingerprint density at radius 2 is 2.00 bits per heavy atom. The van der Waals surface area contributed by atoms with Crippen molar-refractivity contribution in [3.63, 3.8) is 0 Å². The SMILES string of the molecule is CCn1nc(C)c(Cl)c1CC(O)c1cccc(C(F)F)c1. The largest absolute Gasteiger partial charge is 0.388 e. The summed E-state index contributed by atoms with van der Waals surface area (Å²) in [7, 11) is 0. The molecule has 0 aliphatic rings. The van der Waals surface area contributed by atoms with Gasteiger partial charge in [-0.15, -0.1) is 0 Å². The number of hydrogen-bond acceptors (Lipinski definition) is 2. The van der Waals surface area contributed by atoms with Gasteiger partial charge in [0.05, 0.1) is 22.5 Å². The molecule has 1 aromatic heterocycles. The first kappa shape index (κ1) is 15.9. The zero-order valence-corrected chi connectivity index (χ0v) is 12.6. The van der Waals surface area contributed by atoms with Crippen molar-refractivity contribution in [1.29, 1.82) is 0 Å². The first-order valence-electron chi connectivity index (χ1n) is 6.71. The molecular formula is C15H17ClF2N2O. The van der Waals surface area contributed by atoms with E-state index in [1.165, 1.54) is 18.2 Å². The molecule has 0 aliphatic carbocycles. The van der Waals surface area contributed by atoms with Crippen molar-refractivity contribution in [3.8, 4) is 0 Å². The molecule has 6 heteroatoms. The van der Waals surface area contributed by atoms with E-state index in [-0.39, 0.29) is 12.0 Å². The van der Waals surface area contributed by atoms with E-state index in [0.717, 1.165) is 0 Å². The summed E-state index contributed by atoms with van der Waals surface area (Å²) in [6, 6.07) is 5.81. The molecule has 0 fully saturated rings. The molecule has 114 valence electrons. The van der Waals surface area contributed by atoms with Crippen LogP contribution in [-0.2, 0) is 13.0 Å². The zero-order valence-electron chi connectivity index (χ0n) is 11.9. The second-order valence-electron chi connectivity index (χ2n) is 4.85. The van der Waals surface area contributed by atoms with Crippen molar-refractivity contribution >= 4 is 11.6 Å². The van der Waals surface area contributed by atoms with Crippen LogP contribution in [0.5, 0.6) is 0 Å². The van der Waals surface area contributed by atoms with Gasteiger partial charge in [0.15, 0.2) is 0 Å². The van der Waals surface area contributed by atoms with E-state index >= 15 is 0 Å². The number of aromatic nitrogens is 2. The predicted molar refractivity (Wildman–Crippen MR) is 77.7 cm³/mol. The van der Waals surface area contributed by atoms with E-state index in [4.69, 9.17) is 11.6 Å². The Morgan fingerprint density at radius 1 is 1.33 bits per heavy atom. The Morgan fingerprint density at radius 3 is 2.62 bits per heavy atom. The Balaban J connectivity index is 2.26. The van der Waals surface area contributed by atoms with E-state index < -0.39 is 12.5 Å². The van der Waals surface area contributed by atoms with E-state index in [2.05, 4.69) is 5.10 Å². The summed E-state index contributed by atoms with van der Waals surface area (Å²) in [4.78, 5) is 0. The van der Waals surface area contributed by atoms with Crippen molar-refractivity contribution < 1.29 is 13.9 Å². The highest BCUT2D eigenvalue weighted by Crippen LogP contribution is 2.28. The molecule has 0 amide bonds. The number of aliphatic hydroxyl groups is 1.